The van der Waals surface area contributed by atoms with Gasteiger partial charge in [0.1, 0.15) is 11.4 Å². The third-order valence-corrected chi connectivity index (χ3v) is 5.10. The molecule has 0 spiro atoms. The molecule has 1 saturated heterocycles. The Balaban J connectivity index is 3.40. The summed E-state index contributed by atoms with van der Waals surface area (Å²) in [6.07, 6.45) is 3.82. The highest BCUT2D eigenvalue weighted by Gasteiger charge is 2.45. The van der Waals surface area contributed by atoms with Crippen LogP contribution in [0.25, 0.3) is 0 Å². The van der Waals surface area contributed by atoms with Crippen molar-refractivity contribution in [3.63, 3.8) is 0 Å². The van der Waals surface area contributed by atoms with Gasteiger partial charge in [-0.2, -0.15) is 0 Å². The fourth-order valence-electron chi connectivity index (χ4n) is 3.58. The lowest BCUT2D eigenvalue weighted by Gasteiger charge is -2.43. The summed E-state index contributed by atoms with van der Waals surface area (Å²) >= 11 is 0. The van der Waals surface area contributed by atoms with E-state index in [0.29, 0.717) is 30.4 Å². The Bertz CT molecular complexity index is 751. The van der Waals surface area contributed by atoms with Crippen LogP contribution >= 0.6 is 0 Å². The van der Waals surface area contributed by atoms with Crippen molar-refractivity contribution in [3.8, 4) is 0 Å². The molecule has 1 heterocycles. The van der Waals surface area contributed by atoms with Gasteiger partial charge in [0.15, 0.2) is 6.29 Å². The molecule has 4 atom stereocenters. The lowest BCUT2D eigenvalue weighted by Crippen LogP contribution is -2.47. The number of allylic oxidation sites excluding steroid dienone is 2. The third kappa shape index (κ3) is 8.66. The van der Waals surface area contributed by atoms with Crippen molar-refractivity contribution in [1.29, 1.82) is 0 Å². The number of carbonyl (C=O) groups excluding carboxylic acids is 2. The maximum atomic E-state index is 11.7. The molecular weight excluding hydrogens is 420 g/mol. The molecule has 180 valence electrons. The van der Waals surface area contributed by atoms with E-state index in [1.54, 1.807) is 32.1 Å². The molecule has 0 unspecified atom stereocenters. The quantitative estimate of drug-likeness (QED) is 0.196. The minimum atomic E-state index is -1.09. The second-order valence-corrected chi connectivity index (χ2v) is 8.35. The maximum absolute atomic E-state index is 11.7. The highest BCUT2D eigenvalue weighted by molar-refractivity contribution is 5.75. The van der Waals surface area contributed by atoms with E-state index in [1.165, 1.54) is 21.0 Å². The number of methoxy groups -OCH3 is 1. The molecule has 1 fully saturated rings. The molecule has 0 amide bonds. The number of carboxylic acid groups (broad SMARTS) is 1. The summed E-state index contributed by atoms with van der Waals surface area (Å²) in [5, 5.41) is 18.6. The summed E-state index contributed by atoms with van der Waals surface area (Å²) < 4.78 is 16.6. The number of rotatable bonds is 12. The van der Waals surface area contributed by atoms with E-state index in [9.17, 15) is 19.5 Å². The van der Waals surface area contributed by atoms with Gasteiger partial charge in [0, 0.05) is 32.3 Å². The van der Waals surface area contributed by atoms with Gasteiger partial charge >= 0.3 is 11.9 Å². The molecule has 0 bridgehead atoms. The van der Waals surface area contributed by atoms with Crippen molar-refractivity contribution in [2.45, 2.75) is 71.6 Å². The van der Waals surface area contributed by atoms with Crippen molar-refractivity contribution in [2.24, 2.45) is 11.8 Å². The Morgan fingerprint density at radius 2 is 1.88 bits per heavy atom. The van der Waals surface area contributed by atoms with E-state index in [1.807, 2.05) is 0 Å². The number of ketones is 1. The van der Waals surface area contributed by atoms with Crippen LogP contribution in [-0.2, 0) is 33.5 Å². The molecule has 0 aromatic rings. The first-order chi connectivity index (χ1) is 14.9. The maximum Gasteiger partial charge on any atom is 0.304 e. The summed E-state index contributed by atoms with van der Waals surface area (Å²) in [7, 11) is 1.40. The molecule has 0 saturated carbocycles. The molecule has 0 aliphatic carbocycles. The Morgan fingerprint density at radius 1 is 1.22 bits per heavy atom. The molecular formula is C23H34O9. The van der Waals surface area contributed by atoms with Crippen molar-refractivity contribution in [1.82, 2.24) is 0 Å². The first-order valence-corrected chi connectivity index (χ1v) is 10.4. The predicted molar refractivity (Wildman–Crippen MR) is 115 cm³/mol. The van der Waals surface area contributed by atoms with Gasteiger partial charge in [0.25, 0.3) is 0 Å². The van der Waals surface area contributed by atoms with Crippen molar-refractivity contribution in [2.75, 3.05) is 7.11 Å². The molecule has 0 aromatic carbocycles. The molecule has 9 nitrogen and oxygen atoms in total. The van der Waals surface area contributed by atoms with Crippen LogP contribution in [0.5, 0.6) is 0 Å². The molecule has 1 aliphatic rings. The Kier molecular flexibility index (Phi) is 10.9. The fraction of sp³-hybridized carbons (Fsp3) is 0.609. The van der Waals surface area contributed by atoms with E-state index in [-0.39, 0.29) is 12.2 Å². The van der Waals surface area contributed by atoms with Gasteiger partial charge in [-0.25, -0.2) is 4.89 Å². The van der Waals surface area contributed by atoms with Crippen LogP contribution in [0.4, 0.5) is 0 Å². The van der Waals surface area contributed by atoms with Crippen LogP contribution < -0.4 is 0 Å². The van der Waals surface area contributed by atoms with Crippen LogP contribution in [0.3, 0.4) is 0 Å². The van der Waals surface area contributed by atoms with E-state index in [2.05, 4.69) is 11.5 Å². The van der Waals surface area contributed by atoms with Gasteiger partial charge < -0.3 is 24.1 Å². The molecule has 32 heavy (non-hydrogen) atoms. The lowest BCUT2D eigenvalue weighted by molar-refractivity contribution is -0.297. The summed E-state index contributed by atoms with van der Waals surface area (Å²) in [6.45, 7) is 10.1. The van der Waals surface area contributed by atoms with Gasteiger partial charge in [-0.3, -0.25) is 14.8 Å². The van der Waals surface area contributed by atoms with Crippen molar-refractivity contribution in [3.05, 3.63) is 36.0 Å². The average molecular weight is 455 g/mol. The van der Waals surface area contributed by atoms with Crippen LogP contribution in [0.1, 0.15) is 53.4 Å². The summed E-state index contributed by atoms with van der Waals surface area (Å²) in [4.78, 5) is 39.1. The van der Waals surface area contributed by atoms with Gasteiger partial charge in [-0.05, 0) is 39.2 Å². The standard InChI is InChI=1S/C23H34O9/c1-14(9-7-10-15(2)24)20-18(13-19(26)27)17(11-8-12-23(4,5)32-28)21(29-6)31-22(20)30-16(3)25/h8,11-12,18,20-22,28H,1,7,9-10,13H2,2-6H3,(H,26,27)/b12-8+,17-11+/t18-,20+,21+,22+/m1/s1. The Labute approximate surface area is 188 Å². The topological polar surface area (TPSA) is 129 Å². The SMILES string of the molecule is C=C(CCCC(C)=O)[C@@H]1[C@@H](OC(C)=O)O[C@H](OC)/C(=C/C=C/C(C)(C)OO)[C@H]1CC(=O)O. The van der Waals surface area contributed by atoms with Crippen LogP contribution in [0, 0.1) is 11.8 Å². The number of carbonyl (C=O) groups is 3. The number of hydrogen-bond donors (Lipinski definition) is 2. The largest absolute Gasteiger partial charge is 0.481 e. The van der Waals surface area contributed by atoms with E-state index >= 15 is 0 Å². The van der Waals surface area contributed by atoms with E-state index < -0.39 is 42.0 Å². The predicted octanol–water partition coefficient (Wildman–Crippen LogP) is 3.65. The van der Waals surface area contributed by atoms with Gasteiger partial charge in [0.05, 0.1) is 6.42 Å². The molecule has 1 rings (SSSR count). The number of Topliss-reactive ketones (excluding diaryl/α,β-unsaturated/α-hetero) is 1. The second kappa shape index (κ2) is 12.6. The first-order valence-electron chi connectivity index (χ1n) is 10.4. The van der Waals surface area contributed by atoms with Gasteiger partial charge in [0.2, 0.25) is 6.29 Å². The number of hydrogen-bond acceptors (Lipinski definition) is 8. The van der Waals surface area contributed by atoms with E-state index in [0.717, 1.165) is 0 Å². The second-order valence-electron chi connectivity index (χ2n) is 8.35. The third-order valence-electron chi connectivity index (χ3n) is 5.10. The number of aliphatic carboxylic acids is 1. The first kappa shape index (κ1) is 27.7. The Morgan fingerprint density at radius 3 is 2.38 bits per heavy atom. The lowest BCUT2D eigenvalue weighted by atomic mass is 9.75. The van der Waals surface area contributed by atoms with E-state index in [4.69, 9.17) is 19.5 Å². The van der Waals surface area contributed by atoms with Gasteiger partial charge in [-0.1, -0.05) is 30.4 Å². The minimum Gasteiger partial charge on any atom is -0.481 e. The number of esters is 1. The summed E-state index contributed by atoms with van der Waals surface area (Å²) in [5.74, 6) is -2.91. The zero-order chi connectivity index (χ0) is 24.5. The number of carboxylic acids is 1. The van der Waals surface area contributed by atoms with Gasteiger partial charge in [-0.15, -0.1) is 0 Å². The summed E-state index contributed by atoms with van der Waals surface area (Å²) in [5.41, 5.74) is 0.168. The molecule has 2 N–H and O–H groups in total. The summed E-state index contributed by atoms with van der Waals surface area (Å²) in [6, 6.07) is 0. The van der Waals surface area contributed by atoms with Crippen molar-refractivity contribution >= 4 is 17.7 Å². The fourth-order valence-corrected chi connectivity index (χ4v) is 3.58. The molecule has 0 radical (unpaired) electrons. The zero-order valence-corrected chi connectivity index (χ0v) is 19.3. The molecule has 1 aliphatic heterocycles. The molecule has 9 heteroatoms. The Hall–Kier alpha value is -2.33. The minimum absolute atomic E-state index is 0.0372. The van der Waals surface area contributed by atoms with Crippen LogP contribution in [0.15, 0.2) is 36.0 Å². The van der Waals surface area contributed by atoms with Crippen LogP contribution in [0.2, 0.25) is 0 Å². The molecule has 0 aromatic heterocycles. The van der Waals surface area contributed by atoms with Crippen molar-refractivity contribution < 1.29 is 43.8 Å². The van der Waals surface area contributed by atoms with Crippen LogP contribution in [-0.4, -0.2) is 53.4 Å². The smallest absolute Gasteiger partial charge is 0.304 e. The average Bonchev–Trinajstić information content (AvgIpc) is 2.67. The zero-order valence-electron chi connectivity index (χ0n) is 19.3. The highest BCUT2D eigenvalue weighted by atomic mass is 17.1. The number of ether oxygens (including phenoxy) is 3. The highest BCUT2D eigenvalue weighted by Crippen LogP contribution is 2.43. The monoisotopic (exact) mass is 454 g/mol. The normalized spacial score (nSPS) is 25.1.